The Morgan fingerprint density at radius 1 is 1.10 bits per heavy atom. The number of nitrogen functional groups attached to an aromatic ring is 1. The summed E-state index contributed by atoms with van der Waals surface area (Å²) in [5.74, 6) is 1.49. The first-order valence-electron chi connectivity index (χ1n) is 14.2. The highest BCUT2D eigenvalue weighted by Crippen LogP contribution is 2.38. The molecular formula is C33H35N7O. The van der Waals surface area contributed by atoms with Gasteiger partial charge in [0.25, 0.3) is 0 Å². The number of carbonyl (C=O) groups is 1. The molecule has 8 nitrogen and oxygen atoms in total. The summed E-state index contributed by atoms with van der Waals surface area (Å²) in [7, 11) is 2.02. The van der Waals surface area contributed by atoms with E-state index in [2.05, 4.69) is 63.1 Å². The monoisotopic (exact) mass is 545 g/mol. The molecule has 6 rings (SSSR count). The smallest absolute Gasteiger partial charge is 0.228 e. The van der Waals surface area contributed by atoms with Crippen molar-refractivity contribution in [2.45, 2.75) is 51.5 Å². The lowest BCUT2D eigenvalue weighted by Crippen LogP contribution is -2.26. The minimum absolute atomic E-state index is 0.0928. The van der Waals surface area contributed by atoms with Gasteiger partial charge in [-0.15, -0.1) is 0 Å². The van der Waals surface area contributed by atoms with Crippen LogP contribution in [-0.2, 0) is 11.2 Å². The second-order valence-electron chi connectivity index (χ2n) is 11.0. The lowest BCUT2D eigenvalue weighted by molar-refractivity contribution is -0.115. The van der Waals surface area contributed by atoms with Gasteiger partial charge in [0.05, 0.1) is 30.2 Å². The molecule has 1 atom stereocenters. The van der Waals surface area contributed by atoms with E-state index >= 15 is 0 Å². The molecule has 1 amide bonds. The summed E-state index contributed by atoms with van der Waals surface area (Å²) in [5.41, 5.74) is 13.2. The van der Waals surface area contributed by atoms with Crippen molar-refractivity contribution < 1.29 is 4.79 Å². The third-order valence-corrected chi connectivity index (χ3v) is 7.94. The summed E-state index contributed by atoms with van der Waals surface area (Å²) in [4.78, 5) is 26.9. The Balaban J connectivity index is 1.47. The summed E-state index contributed by atoms with van der Waals surface area (Å²) in [6, 6.07) is 16.4. The fourth-order valence-electron chi connectivity index (χ4n) is 5.83. The van der Waals surface area contributed by atoms with Crippen LogP contribution in [0.1, 0.15) is 56.1 Å². The SMILES string of the molecule is CNC1CC=C(c2cnc(N)c3c(-c4ccc(CC(=O)Nc5cccnc5)c5ccccc45)nc(C(C)C)n23)CC1. The number of aromatic nitrogens is 4. The molecule has 41 heavy (non-hydrogen) atoms. The number of fused-ring (bicyclic) bond motifs is 2. The van der Waals surface area contributed by atoms with Crippen LogP contribution in [0.25, 0.3) is 33.1 Å². The highest BCUT2D eigenvalue weighted by atomic mass is 16.1. The quantitative estimate of drug-likeness (QED) is 0.232. The molecule has 5 aromatic rings. The first-order valence-corrected chi connectivity index (χ1v) is 14.2. The Morgan fingerprint density at radius 2 is 1.93 bits per heavy atom. The highest BCUT2D eigenvalue weighted by Gasteiger charge is 2.25. The van der Waals surface area contributed by atoms with E-state index in [0.29, 0.717) is 17.5 Å². The maximum atomic E-state index is 12.9. The van der Waals surface area contributed by atoms with Crippen LogP contribution in [0.2, 0.25) is 0 Å². The third-order valence-electron chi connectivity index (χ3n) is 7.94. The number of imidazole rings is 1. The van der Waals surface area contributed by atoms with Crippen molar-refractivity contribution in [3.63, 3.8) is 0 Å². The number of amides is 1. The van der Waals surface area contributed by atoms with Crippen LogP contribution in [0.5, 0.6) is 0 Å². The molecule has 0 saturated carbocycles. The number of nitrogens with one attached hydrogen (secondary N) is 2. The molecule has 2 aromatic carbocycles. The van der Waals surface area contributed by atoms with E-state index in [-0.39, 0.29) is 18.2 Å². The zero-order valence-electron chi connectivity index (χ0n) is 23.7. The van der Waals surface area contributed by atoms with Crippen molar-refractivity contribution in [3.8, 4) is 11.3 Å². The van der Waals surface area contributed by atoms with Gasteiger partial charge >= 0.3 is 0 Å². The molecule has 1 aliphatic rings. The lowest BCUT2D eigenvalue weighted by Gasteiger charge is -2.22. The number of nitrogens with zero attached hydrogens (tertiary/aromatic N) is 4. The van der Waals surface area contributed by atoms with Crippen molar-refractivity contribution >= 4 is 39.3 Å². The van der Waals surface area contributed by atoms with Crippen LogP contribution in [-0.4, -0.2) is 38.3 Å². The summed E-state index contributed by atoms with van der Waals surface area (Å²) in [5, 5.41) is 8.37. The van der Waals surface area contributed by atoms with Gasteiger partial charge in [-0.2, -0.15) is 0 Å². The largest absolute Gasteiger partial charge is 0.382 e. The van der Waals surface area contributed by atoms with Crippen molar-refractivity contribution in [1.29, 1.82) is 0 Å². The molecule has 0 radical (unpaired) electrons. The van der Waals surface area contributed by atoms with E-state index in [1.165, 1.54) is 5.57 Å². The van der Waals surface area contributed by atoms with Gasteiger partial charge in [-0.05, 0) is 60.4 Å². The second kappa shape index (κ2) is 11.1. The average molecular weight is 546 g/mol. The Labute approximate surface area is 239 Å². The first-order chi connectivity index (χ1) is 19.9. The van der Waals surface area contributed by atoms with E-state index in [9.17, 15) is 4.79 Å². The van der Waals surface area contributed by atoms with E-state index in [1.54, 1.807) is 18.5 Å². The molecule has 1 aliphatic carbocycles. The highest BCUT2D eigenvalue weighted by molar-refractivity contribution is 6.04. The number of rotatable bonds is 7. The minimum atomic E-state index is -0.0928. The molecule has 0 aliphatic heterocycles. The standard InChI is InChI=1S/C33H35N7O/c1-20(2)33-39-30(31-32(34)37-19-28(40(31)33)21-10-13-23(35-3)14-11-21)27-15-12-22(25-8-4-5-9-26(25)27)17-29(41)38-24-7-6-16-36-18-24/h4-10,12,15-16,18-20,23,35H,11,13-14,17H2,1-3H3,(H2,34,37)(H,38,41). The fraction of sp³-hybridized carbons (Fsp3) is 0.273. The van der Waals surface area contributed by atoms with Crippen LogP contribution >= 0.6 is 0 Å². The number of carbonyl (C=O) groups excluding carboxylic acids is 1. The fourth-order valence-corrected chi connectivity index (χ4v) is 5.83. The van der Waals surface area contributed by atoms with Crippen LogP contribution in [0.15, 0.2) is 73.2 Å². The Bertz CT molecular complexity index is 1770. The second-order valence-corrected chi connectivity index (χ2v) is 11.0. The molecule has 1 unspecified atom stereocenters. The third kappa shape index (κ3) is 5.07. The van der Waals surface area contributed by atoms with Crippen LogP contribution < -0.4 is 16.4 Å². The number of hydrogen-bond acceptors (Lipinski definition) is 6. The van der Waals surface area contributed by atoms with Gasteiger partial charge in [-0.3, -0.25) is 14.2 Å². The summed E-state index contributed by atoms with van der Waals surface area (Å²) < 4.78 is 2.22. The van der Waals surface area contributed by atoms with Gasteiger partial charge in [0.2, 0.25) is 5.91 Å². The molecule has 0 spiro atoms. The van der Waals surface area contributed by atoms with E-state index in [1.807, 2.05) is 37.5 Å². The molecule has 0 fully saturated rings. The van der Waals surface area contributed by atoms with Crippen LogP contribution in [0.4, 0.5) is 11.5 Å². The van der Waals surface area contributed by atoms with Gasteiger partial charge in [0.1, 0.15) is 22.9 Å². The van der Waals surface area contributed by atoms with Gasteiger partial charge < -0.3 is 16.4 Å². The zero-order valence-corrected chi connectivity index (χ0v) is 23.7. The maximum Gasteiger partial charge on any atom is 0.228 e. The number of anilines is 2. The van der Waals surface area contributed by atoms with Crippen molar-refractivity contribution in [2.75, 3.05) is 18.1 Å². The van der Waals surface area contributed by atoms with Gasteiger partial charge in [-0.1, -0.05) is 56.3 Å². The molecule has 3 heterocycles. The van der Waals surface area contributed by atoms with E-state index in [0.717, 1.165) is 63.9 Å². The molecule has 3 aromatic heterocycles. The number of nitrogens with two attached hydrogens (primary N) is 1. The van der Waals surface area contributed by atoms with Crippen molar-refractivity contribution in [3.05, 3.63) is 90.3 Å². The maximum absolute atomic E-state index is 12.9. The van der Waals surface area contributed by atoms with Crippen molar-refractivity contribution in [2.24, 2.45) is 0 Å². The number of benzene rings is 2. The van der Waals surface area contributed by atoms with Crippen molar-refractivity contribution in [1.82, 2.24) is 24.7 Å². The lowest BCUT2D eigenvalue weighted by atomic mass is 9.93. The van der Waals surface area contributed by atoms with E-state index < -0.39 is 0 Å². The summed E-state index contributed by atoms with van der Waals surface area (Å²) in [6.07, 6.45) is 10.8. The molecular weight excluding hydrogens is 510 g/mol. The van der Waals surface area contributed by atoms with Gasteiger partial charge in [0.15, 0.2) is 0 Å². The van der Waals surface area contributed by atoms with Crippen LogP contribution in [0.3, 0.4) is 0 Å². The number of pyridine rings is 1. The Morgan fingerprint density at radius 3 is 2.63 bits per heavy atom. The predicted molar refractivity (Wildman–Crippen MR) is 166 cm³/mol. The number of hydrogen-bond donors (Lipinski definition) is 3. The number of allylic oxidation sites excluding steroid dienone is 1. The van der Waals surface area contributed by atoms with Gasteiger partial charge in [-0.25, -0.2) is 9.97 Å². The Kier molecular flexibility index (Phi) is 7.24. The Hall–Kier alpha value is -4.56. The predicted octanol–water partition coefficient (Wildman–Crippen LogP) is 5.99. The molecule has 208 valence electrons. The molecule has 0 saturated heterocycles. The summed E-state index contributed by atoms with van der Waals surface area (Å²) >= 11 is 0. The van der Waals surface area contributed by atoms with E-state index in [4.69, 9.17) is 10.7 Å². The van der Waals surface area contributed by atoms with Gasteiger partial charge in [0, 0.05) is 23.7 Å². The first kappa shape index (κ1) is 26.7. The minimum Gasteiger partial charge on any atom is -0.382 e. The summed E-state index contributed by atoms with van der Waals surface area (Å²) in [6.45, 7) is 4.32. The molecule has 4 N–H and O–H groups in total. The topological polar surface area (TPSA) is 110 Å². The normalized spacial score (nSPS) is 15.4. The molecule has 8 heteroatoms. The average Bonchev–Trinajstić information content (AvgIpc) is 3.40. The molecule has 0 bridgehead atoms. The van der Waals surface area contributed by atoms with Crippen LogP contribution in [0, 0.1) is 0 Å². The zero-order chi connectivity index (χ0) is 28.5.